The van der Waals surface area contributed by atoms with Crippen LogP contribution >= 0.6 is 39.3 Å². The Hall–Kier alpha value is -0.120. The molecule has 2 rings (SSSR count). The van der Waals surface area contributed by atoms with Crippen LogP contribution < -0.4 is 4.74 Å². The second-order valence-corrected chi connectivity index (χ2v) is 8.51. The van der Waals surface area contributed by atoms with E-state index in [0.29, 0.717) is 6.61 Å². The van der Waals surface area contributed by atoms with Gasteiger partial charge in [0.2, 0.25) is 0 Å². The number of hydrogen-bond donors (Lipinski definition) is 0. The summed E-state index contributed by atoms with van der Waals surface area (Å²) in [6.45, 7) is 4.65. The van der Waals surface area contributed by atoms with Crippen LogP contribution in [0.2, 0.25) is 0 Å². The van der Waals surface area contributed by atoms with Gasteiger partial charge in [-0.2, -0.15) is 0 Å². The molecule has 1 heterocycles. The molecule has 2 atom stereocenters. The molecule has 0 radical (unpaired) electrons. The third-order valence-electron chi connectivity index (χ3n) is 2.48. The zero-order valence-electron chi connectivity index (χ0n) is 9.74. The van der Waals surface area contributed by atoms with Crippen LogP contribution in [-0.2, 0) is 3.66 Å². The Morgan fingerprint density at radius 1 is 1.41 bits per heavy atom. The molecule has 1 aromatic rings. The lowest BCUT2D eigenvalue weighted by atomic mass is 10.1. The van der Waals surface area contributed by atoms with Crippen molar-refractivity contribution in [2.45, 2.75) is 21.7 Å². The third kappa shape index (κ3) is 3.01. The van der Waals surface area contributed by atoms with E-state index in [0.717, 1.165) is 11.3 Å². The molecule has 1 nitrogen and oxygen atoms in total. The minimum Gasteiger partial charge on any atom is -0.494 e. The molecular weight excluding hydrogens is 320 g/mol. The van der Waals surface area contributed by atoms with Gasteiger partial charge in [0, 0.05) is 0 Å². The molecule has 0 spiro atoms. The molecule has 0 bridgehead atoms. The first-order valence-corrected chi connectivity index (χ1v) is 7.46. The predicted octanol–water partition coefficient (Wildman–Crippen LogP) is 4.89. The van der Waals surface area contributed by atoms with Gasteiger partial charge in [0.15, 0.2) is 0 Å². The van der Waals surface area contributed by atoms with Crippen LogP contribution in [0.3, 0.4) is 0 Å². The Morgan fingerprint density at radius 3 is 2.76 bits per heavy atom. The second kappa shape index (κ2) is 4.87. The van der Waals surface area contributed by atoms with E-state index in [2.05, 4.69) is 28.1 Å². The van der Waals surface area contributed by atoms with Crippen molar-refractivity contribution >= 4 is 39.3 Å². The maximum absolute atomic E-state index is 6.32. The molecular formula is C13H14BrClOS. The van der Waals surface area contributed by atoms with Gasteiger partial charge in [0.1, 0.15) is 13.6 Å². The van der Waals surface area contributed by atoms with Crippen LogP contribution in [0.25, 0.3) is 0 Å². The summed E-state index contributed by atoms with van der Waals surface area (Å²) < 4.78 is 4.91. The van der Waals surface area contributed by atoms with E-state index in [1.807, 2.05) is 38.1 Å². The lowest BCUT2D eigenvalue weighted by molar-refractivity contribution is 0.340. The van der Waals surface area contributed by atoms with Gasteiger partial charge in [-0.15, -0.1) is 23.4 Å². The smallest absolute Gasteiger partial charge is 0.119 e. The normalized spacial score (nSPS) is 31.8. The van der Waals surface area contributed by atoms with Crippen molar-refractivity contribution in [3.8, 4) is 5.75 Å². The Kier molecular flexibility index (Phi) is 3.81. The average Bonchev–Trinajstić information content (AvgIpc) is 2.55. The zero-order valence-corrected chi connectivity index (χ0v) is 12.9. The largest absolute Gasteiger partial charge is 0.494 e. The van der Waals surface area contributed by atoms with E-state index >= 15 is 0 Å². The molecule has 0 saturated carbocycles. The minimum absolute atomic E-state index is 0.253. The van der Waals surface area contributed by atoms with Crippen molar-refractivity contribution in [3.05, 3.63) is 42.0 Å². The van der Waals surface area contributed by atoms with Crippen molar-refractivity contribution in [3.63, 3.8) is 0 Å². The van der Waals surface area contributed by atoms with Crippen LogP contribution in [0.4, 0.5) is 0 Å². The number of benzene rings is 1. The first-order valence-electron chi connectivity index (χ1n) is 5.47. The predicted molar refractivity (Wildman–Crippen MR) is 79.2 cm³/mol. The van der Waals surface area contributed by atoms with Crippen molar-refractivity contribution in [1.82, 2.24) is 0 Å². The number of hydrogen-bond acceptors (Lipinski definition) is 2. The lowest BCUT2D eigenvalue weighted by Crippen LogP contribution is -2.12. The molecule has 4 heteroatoms. The summed E-state index contributed by atoms with van der Waals surface area (Å²) in [4.78, 5) is 0. The summed E-state index contributed by atoms with van der Waals surface area (Å²) in [7, 11) is 0. The van der Waals surface area contributed by atoms with Gasteiger partial charge >= 0.3 is 0 Å². The van der Waals surface area contributed by atoms with E-state index in [1.165, 1.54) is 0 Å². The number of halogens is 2. The second-order valence-electron chi connectivity index (χ2n) is 4.03. The molecule has 0 aliphatic carbocycles. The highest BCUT2D eigenvalue weighted by molar-refractivity contribution is 9.11. The first-order chi connectivity index (χ1) is 7.95. The Balaban J connectivity index is 2.29. The Labute approximate surface area is 120 Å². The van der Waals surface area contributed by atoms with Crippen molar-refractivity contribution in [2.24, 2.45) is 0 Å². The monoisotopic (exact) mass is 332 g/mol. The number of alkyl halides is 2. The van der Waals surface area contributed by atoms with Gasteiger partial charge in [-0.05, 0) is 31.5 Å². The van der Waals surface area contributed by atoms with Crippen LogP contribution in [0.15, 0.2) is 36.4 Å². The summed E-state index contributed by atoms with van der Waals surface area (Å²) in [5, 5.41) is 0. The van der Waals surface area contributed by atoms with E-state index in [9.17, 15) is 0 Å². The van der Waals surface area contributed by atoms with Crippen molar-refractivity contribution < 1.29 is 4.74 Å². The zero-order chi connectivity index (χ0) is 12.5. The summed E-state index contributed by atoms with van der Waals surface area (Å²) in [6.07, 6.45) is 4.11. The van der Waals surface area contributed by atoms with Crippen LogP contribution in [0, 0.1) is 0 Å². The maximum atomic E-state index is 6.32. The third-order valence-corrected chi connectivity index (χ3v) is 5.25. The quantitative estimate of drug-likeness (QED) is 0.575. The molecule has 1 aliphatic rings. The fourth-order valence-electron chi connectivity index (χ4n) is 1.73. The molecule has 1 aromatic carbocycles. The molecule has 0 N–H and O–H groups in total. The topological polar surface area (TPSA) is 9.23 Å². The molecule has 2 unspecified atom stereocenters. The van der Waals surface area contributed by atoms with Gasteiger partial charge in [-0.25, -0.2) is 0 Å². The van der Waals surface area contributed by atoms with Crippen molar-refractivity contribution in [2.75, 3.05) is 6.61 Å². The van der Waals surface area contributed by atoms with Gasteiger partial charge in [-0.3, -0.25) is 0 Å². The average molecular weight is 334 g/mol. The number of rotatable bonds is 3. The van der Waals surface area contributed by atoms with Crippen LogP contribution in [0.5, 0.6) is 5.75 Å². The van der Waals surface area contributed by atoms with E-state index in [4.69, 9.17) is 16.3 Å². The molecule has 0 saturated heterocycles. The fourth-order valence-corrected chi connectivity index (χ4v) is 4.93. The summed E-state index contributed by atoms with van der Waals surface area (Å²) in [6, 6.07) is 8.09. The summed E-state index contributed by atoms with van der Waals surface area (Å²) in [5.74, 6) is 0.890. The molecule has 0 amide bonds. The minimum atomic E-state index is -0.356. The highest BCUT2D eigenvalue weighted by Crippen LogP contribution is 2.57. The first kappa shape index (κ1) is 13.3. The molecule has 92 valence electrons. The maximum Gasteiger partial charge on any atom is 0.119 e. The molecule has 17 heavy (non-hydrogen) atoms. The molecule has 1 aliphatic heterocycles. The van der Waals surface area contributed by atoms with Gasteiger partial charge < -0.3 is 4.74 Å². The number of thioether (sulfide) groups is 1. The lowest BCUT2D eigenvalue weighted by Gasteiger charge is -2.24. The fraction of sp³-hybridized carbons (Fsp3) is 0.385. The SMILES string of the molecule is CCOc1cccc(C2(Br)C=CC(C)(Cl)S2)c1. The van der Waals surface area contributed by atoms with Gasteiger partial charge in [-0.1, -0.05) is 40.2 Å². The highest BCUT2D eigenvalue weighted by Gasteiger charge is 2.40. The van der Waals surface area contributed by atoms with Crippen LogP contribution in [0.1, 0.15) is 19.4 Å². The standard InChI is InChI=1S/C13H14BrClOS/c1-3-16-11-6-4-5-10(9-11)13(14)8-7-12(2,15)17-13/h4-9H,3H2,1-2H3. The van der Waals surface area contributed by atoms with E-state index in [-0.39, 0.29) is 7.86 Å². The van der Waals surface area contributed by atoms with E-state index in [1.54, 1.807) is 11.8 Å². The Morgan fingerprint density at radius 2 is 2.18 bits per heavy atom. The Bertz CT molecular complexity index is 447. The van der Waals surface area contributed by atoms with Gasteiger partial charge in [0.25, 0.3) is 0 Å². The highest BCUT2D eigenvalue weighted by atomic mass is 79.9. The van der Waals surface area contributed by atoms with E-state index < -0.39 is 0 Å². The summed E-state index contributed by atoms with van der Waals surface area (Å²) >= 11 is 11.7. The molecule has 0 fully saturated rings. The van der Waals surface area contributed by atoms with Crippen molar-refractivity contribution in [1.29, 1.82) is 0 Å². The van der Waals surface area contributed by atoms with Crippen LogP contribution in [-0.4, -0.2) is 10.8 Å². The molecule has 0 aromatic heterocycles. The summed E-state index contributed by atoms with van der Waals surface area (Å²) in [5.41, 5.74) is 1.15. The van der Waals surface area contributed by atoms with Gasteiger partial charge in [0.05, 0.1) is 6.61 Å². The number of ether oxygens (including phenoxy) is 1.